The molecule has 1 aromatic rings. The van der Waals surface area contributed by atoms with Crippen molar-refractivity contribution in [1.29, 1.82) is 0 Å². The van der Waals surface area contributed by atoms with Crippen molar-refractivity contribution >= 4 is 15.7 Å². The number of aromatic nitrogens is 1. The highest BCUT2D eigenvalue weighted by atomic mass is 32.2. The number of nitrogens with one attached hydrogen (secondary N) is 1. The van der Waals surface area contributed by atoms with Crippen molar-refractivity contribution in [2.45, 2.75) is 29.7 Å². The Bertz CT molecular complexity index is 553. The molecule has 0 spiro atoms. The Kier molecular flexibility index (Phi) is 3.80. The molecule has 1 aliphatic rings. The van der Waals surface area contributed by atoms with Gasteiger partial charge in [-0.1, -0.05) is 0 Å². The van der Waals surface area contributed by atoms with Gasteiger partial charge < -0.3 is 10.6 Å². The molecule has 0 radical (unpaired) electrons. The minimum atomic E-state index is -3.60. The van der Waals surface area contributed by atoms with Crippen molar-refractivity contribution in [1.82, 2.24) is 14.6 Å². The number of pyridine rings is 1. The molecule has 7 heteroatoms. The van der Waals surface area contributed by atoms with Gasteiger partial charge in [-0.3, -0.25) is 4.98 Å². The molecule has 6 nitrogen and oxygen atoms in total. The van der Waals surface area contributed by atoms with E-state index < -0.39 is 10.0 Å². The number of hydrogen-bond donors (Lipinski definition) is 2. The van der Waals surface area contributed by atoms with Crippen LogP contribution in [0, 0.1) is 0 Å². The fourth-order valence-electron chi connectivity index (χ4n) is 2.29. The number of rotatable bonds is 5. The van der Waals surface area contributed by atoms with Crippen molar-refractivity contribution in [2.24, 2.45) is 0 Å². The lowest BCUT2D eigenvalue weighted by molar-refractivity contribution is 0.0657. The average molecular weight is 284 g/mol. The number of nitrogen functional groups attached to an aromatic ring is 1. The average Bonchev–Trinajstić information content (AvgIpc) is 2.27. The summed E-state index contributed by atoms with van der Waals surface area (Å²) >= 11 is 0. The summed E-state index contributed by atoms with van der Waals surface area (Å²) in [6.45, 7) is 0.399. The monoisotopic (exact) mass is 284 g/mol. The molecule has 1 fully saturated rings. The molecule has 0 aromatic carbocycles. The molecular formula is C12H20N4O2S. The van der Waals surface area contributed by atoms with E-state index in [4.69, 9.17) is 5.73 Å². The van der Waals surface area contributed by atoms with Crippen LogP contribution in [-0.4, -0.2) is 44.5 Å². The first kappa shape index (κ1) is 14.2. The molecule has 0 bridgehead atoms. The van der Waals surface area contributed by atoms with Crippen molar-refractivity contribution in [2.75, 3.05) is 26.4 Å². The summed E-state index contributed by atoms with van der Waals surface area (Å²) < 4.78 is 27.1. The van der Waals surface area contributed by atoms with Crippen molar-refractivity contribution < 1.29 is 8.42 Å². The van der Waals surface area contributed by atoms with Crippen LogP contribution in [0.2, 0.25) is 0 Å². The van der Waals surface area contributed by atoms with Crippen LogP contribution in [-0.2, 0) is 10.0 Å². The van der Waals surface area contributed by atoms with Crippen LogP contribution in [0.1, 0.15) is 19.3 Å². The Labute approximate surface area is 114 Å². The van der Waals surface area contributed by atoms with Gasteiger partial charge in [0.2, 0.25) is 10.0 Å². The van der Waals surface area contributed by atoms with E-state index in [0.717, 1.165) is 19.3 Å². The topological polar surface area (TPSA) is 88.3 Å². The Morgan fingerprint density at radius 2 is 2.16 bits per heavy atom. The van der Waals surface area contributed by atoms with Gasteiger partial charge in [-0.25, -0.2) is 13.1 Å². The van der Waals surface area contributed by atoms with Crippen LogP contribution in [0.15, 0.2) is 23.4 Å². The Morgan fingerprint density at radius 1 is 1.47 bits per heavy atom. The Balaban J connectivity index is 2.13. The molecule has 2 rings (SSSR count). The van der Waals surface area contributed by atoms with Gasteiger partial charge in [-0.15, -0.1) is 0 Å². The summed E-state index contributed by atoms with van der Waals surface area (Å²) in [5.41, 5.74) is 5.83. The number of sulfonamides is 1. The third-order valence-corrected chi connectivity index (χ3v) is 5.37. The van der Waals surface area contributed by atoms with Gasteiger partial charge in [0.15, 0.2) is 0 Å². The van der Waals surface area contributed by atoms with E-state index in [0.29, 0.717) is 6.54 Å². The van der Waals surface area contributed by atoms with Crippen LogP contribution in [0.5, 0.6) is 0 Å². The zero-order valence-corrected chi connectivity index (χ0v) is 12.1. The maximum absolute atomic E-state index is 12.2. The van der Waals surface area contributed by atoms with Crippen molar-refractivity contribution in [3.8, 4) is 0 Å². The zero-order valence-electron chi connectivity index (χ0n) is 11.3. The van der Waals surface area contributed by atoms with E-state index in [2.05, 4.69) is 14.6 Å². The third-order valence-electron chi connectivity index (χ3n) is 3.93. The lowest BCUT2D eigenvalue weighted by atomic mass is 9.76. The van der Waals surface area contributed by atoms with Gasteiger partial charge in [0.25, 0.3) is 0 Å². The maximum Gasteiger partial charge on any atom is 0.244 e. The zero-order chi connectivity index (χ0) is 14.1. The highest BCUT2D eigenvalue weighted by Gasteiger charge is 2.40. The standard InChI is InChI=1S/C12H20N4O2S/c1-16(2)12(5-3-6-12)9-15-19(17,18)11-8-14-7-4-10(11)13/h4,7-8,15H,3,5-6,9H2,1-2H3,(H2,13,14). The number of anilines is 1. The second kappa shape index (κ2) is 5.07. The summed E-state index contributed by atoms with van der Waals surface area (Å²) in [5.74, 6) is 0. The fraction of sp³-hybridized carbons (Fsp3) is 0.583. The minimum Gasteiger partial charge on any atom is -0.398 e. The molecule has 1 aliphatic carbocycles. The van der Waals surface area contributed by atoms with Gasteiger partial charge in [-0.05, 0) is 39.4 Å². The highest BCUT2D eigenvalue weighted by molar-refractivity contribution is 7.89. The van der Waals surface area contributed by atoms with Gasteiger partial charge in [0, 0.05) is 24.5 Å². The van der Waals surface area contributed by atoms with E-state index >= 15 is 0 Å². The molecule has 0 saturated heterocycles. The third kappa shape index (κ3) is 2.72. The van der Waals surface area contributed by atoms with Crippen molar-refractivity contribution in [3.63, 3.8) is 0 Å². The van der Waals surface area contributed by atoms with E-state index in [1.807, 2.05) is 14.1 Å². The first-order valence-corrected chi connectivity index (χ1v) is 7.72. The molecule has 0 atom stereocenters. The number of nitrogens with two attached hydrogens (primary N) is 1. The van der Waals surface area contributed by atoms with Crippen LogP contribution >= 0.6 is 0 Å². The fourth-order valence-corrected chi connectivity index (χ4v) is 3.48. The second-order valence-corrected chi connectivity index (χ2v) is 6.95. The predicted octanol–water partition coefficient (Wildman–Crippen LogP) is 0.426. The lowest BCUT2D eigenvalue weighted by Gasteiger charge is -2.47. The molecule has 0 aliphatic heterocycles. The van der Waals surface area contributed by atoms with Crippen LogP contribution in [0.25, 0.3) is 0 Å². The molecule has 19 heavy (non-hydrogen) atoms. The number of hydrogen-bond acceptors (Lipinski definition) is 5. The van der Waals surface area contributed by atoms with Gasteiger partial charge in [0.1, 0.15) is 4.90 Å². The molecule has 1 aromatic heterocycles. The van der Waals surface area contributed by atoms with E-state index in [1.54, 1.807) is 0 Å². The molecular weight excluding hydrogens is 264 g/mol. The summed E-state index contributed by atoms with van der Waals surface area (Å²) in [6, 6.07) is 1.49. The highest BCUT2D eigenvalue weighted by Crippen LogP contribution is 2.35. The smallest absolute Gasteiger partial charge is 0.244 e. The minimum absolute atomic E-state index is 0.0447. The molecule has 1 saturated carbocycles. The SMILES string of the molecule is CN(C)C1(CNS(=O)(=O)c2cnccc2N)CCC1. The van der Waals surface area contributed by atoms with Gasteiger partial charge in [-0.2, -0.15) is 0 Å². The molecule has 0 amide bonds. The second-order valence-electron chi connectivity index (χ2n) is 5.21. The normalized spacial score (nSPS) is 18.3. The summed E-state index contributed by atoms with van der Waals surface area (Å²) in [5, 5.41) is 0. The van der Waals surface area contributed by atoms with Crippen molar-refractivity contribution in [3.05, 3.63) is 18.5 Å². The van der Waals surface area contributed by atoms with Crippen LogP contribution in [0.3, 0.4) is 0 Å². The van der Waals surface area contributed by atoms with E-state index in [9.17, 15) is 8.42 Å². The van der Waals surface area contributed by atoms with Crippen LogP contribution < -0.4 is 10.5 Å². The largest absolute Gasteiger partial charge is 0.398 e. The van der Waals surface area contributed by atoms with E-state index in [-0.39, 0.29) is 16.1 Å². The van der Waals surface area contributed by atoms with Crippen LogP contribution in [0.4, 0.5) is 5.69 Å². The Morgan fingerprint density at radius 3 is 2.63 bits per heavy atom. The predicted molar refractivity (Wildman–Crippen MR) is 74.1 cm³/mol. The summed E-state index contributed by atoms with van der Waals surface area (Å²) in [6.07, 6.45) is 5.90. The quantitative estimate of drug-likeness (QED) is 0.818. The molecule has 1 heterocycles. The molecule has 3 N–H and O–H groups in total. The number of nitrogens with zero attached hydrogens (tertiary/aromatic N) is 2. The first-order valence-electron chi connectivity index (χ1n) is 6.24. The molecule has 0 unspecified atom stereocenters. The number of likely N-dealkylation sites (N-methyl/N-ethyl adjacent to an activating group) is 1. The first-order chi connectivity index (χ1) is 8.87. The Hall–Kier alpha value is -1.18. The van der Waals surface area contributed by atoms with Gasteiger partial charge >= 0.3 is 0 Å². The molecule has 106 valence electrons. The van der Waals surface area contributed by atoms with E-state index in [1.165, 1.54) is 18.5 Å². The van der Waals surface area contributed by atoms with Gasteiger partial charge in [0.05, 0.1) is 5.69 Å². The lowest BCUT2D eigenvalue weighted by Crippen LogP contribution is -2.57. The summed E-state index contributed by atoms with van der Waals surface area (Å²) in [7, 11) is 0.358. The maximum atomic E-state index is 12.2. The summed E-state index contributed by atoms with van der Waals surface area (Å²) in [4.78, 5) is 5.95.